The lowest BCUT2D eigenvalue weighted by molar-refractivity contribution is -0.127. The third-order valence-corrected chi connectivity index (χ3v) is 2.43. The van der Waals surface area contributed by atoms with Crippen molar-refractivity contribution in [1.29, 1.82) is 0 Å². The molecular formula is C5H6Cl3NO. The molecule has 0 aliphatic carbocycles. The SMILES string of the molecule is O=C1N(CCl)CCC1(Cl)Cl. The lowest BCUT2D eigenvalue weighted by Crippen LogP contribution is -2.30. The summed E-state index contributed by atoms with van der Waals surface area (Å²) < 4.78 is -1.23. The zero-order valence-corrected chi connectivity index (χ0v) is 7.38. The molecule has 0 unspecified atom stereocenters. The van der Waals surface area contributed by atoms with Crippen LogP contribution in [0.1, 0.15) is 6.42 Å². The topological polar surface area (TPSA) is 20.3 Å². The fraction of sp³-hybridized carbons (Fsp3) is 0.800. The third-order valence-electron chi connectivity index (χ3n) is 1.44. The first kappa shape index (κ1) is 8.44. The van der Waals surface area contributed by atoms with Crippen LogP contribution in [0.4, 0.5) is 0 Å². The molecule has 1 heterocycles. The van der Waals surface area contributed by atoms with Gasteiger partial charge in [-0.1, -0.05) is 23.2 Å². The molecule has 1 fully saturated rings. The molecule has 1 aliphatic heterocycles. The Labute approximate surface area is 74.0 Å². The number of alkyl halides is 3. The van der Waals surface area contributed by atoms with E-state index >= 15 is 0 Å². The summed E-state index contributed by atoms with van der Waals surface area (Å²) in [4.78, 5) is 12.5. The second-order valence-corrected chi connectivity index (χ2v) is 3.87. The van der Waals surface area contributed by atoms with Gasteiger partial charge in [-0.05, 0) is 0 Å². The van der Waals surface area contributed by atoms with Crippen LogP contribution in [-0.4, -0.2) is 27.7 Å². The van der Waals surface area contributed by atoms with E-state index in [-0.39, 0.29) is 11.9 Å². The van der Waals surface area contributed by atoms with Crippen molar-refractivity contribution in [3.63, 3.8) is 0 Å². The Hall–Kier alpha value is 0.340. The molecule has 0 spiro atoms. The van der Waals surface area contributed by atoms with Crippen LogP contribution in [0, 0.1) is 0 Å². The summed E-state index contributed by atoms with van der Waals surface area (Å²) in [5.41, 5.74) is 0. The van der Waals surface area contributed by atoms with Crippen molar-refractivity contribution in [2.75, 3.05) is 12.5 Å². The van der Waals surface area contributed by atoms with Gasteiger partial charge in [-0.2, -0.15) is 0 Å². The van der Waals surface area contributed by atoms with Gasteiger partial charge in [0.15, 0.2) is 4.33 Å². The summed E-state index contributed by atoms with van der Waals surface area (Å²) in [6.45, 7) is 0.551. The van der Waals surface area contributed by atoms with Crippen molar-refractivity contribution in [1.82, 2.24) is 4.90 Å². The van der Waals surface area contributed by atoms with E-state index in [1.165, 1.54) is 4.90 Å². The summed E-state index contributed by atoms with van der Waals surface area (Å²) in [7, 11) is 0. The van der Waals surface area contributed by atoms with Gasteiger partial charge >= 0.3 is 0 Å². The zero-order chi connectivity index (χ0) is 7.78. The Balaban J connectivity index is 2.67. The minimum Gasteiger partial charge on any atom is -0.326 e. The molecule has 0 N–H and O–H groups in total. The van der Waals surface area contributed by atoms with Crippen LogP contribution < -0.4 is 0 Å². The third kappa shape index (κ3) is 1.34. The number of likely N-dealkylation sites (tertiary alicyclic amines) is 1. The maximum atomic E-state index is 11.0. The van der Waals surface area contributed by atoms with E-state index < -0.39 is 4.33 Å². The summed E-state index contributed by atoms with van der Waals surface area (Å²) in [5, 5.41) is 0. The van der Waals surface area contributed by atoms with E-state index in [2.05, 4.69) is 0 Å². The molecule has 0 atom stereocenters. The van der Waals surface area contributed by atoms with Crippen molar-refractivity contribution in [2.45, 2.75) is 10.8 Å². The first-order valence-corrected chi connectivity index (χ1v) is 4.10. The molecule has 0 aromatic rings. The normalized spacial score (nSPS) is 23.9. The molecule has 0 aromatic heterocycles. The Kier molecular flexibility index (Phi) is 2.33. The predicted molar refractivity (Wildman–Crippen MR) is 41.5 cm³/mol. The van der Waals surface area contributed by atoms with Gasteiger partial charge < -0.3 is 4.90 Å². The van der Waals surface area contributed by atoms with Crippen LogP contribution in [0.15, 0.2) is 0 Å². The number of hydrogen-bond donors (Lipinski definition) is 0. The number of halogens is 3. The van der Waals surface area contributed by atoms with Gasteiger partial charge in [-0.3, -0.25) is 4.79 Å². The van der Waals surface area contributed by atoms with Crippen molar-refractivity contribution < 1.29 is 4.79 Å². The number of amides is 1. The molecule has 1 rings (SSSR count). The highest BCUT2D eigenvalue weighted by atomic mass is 35.5. The molecule has 2 nitrogen and oxygen atoms in total. The highest BCUT2D eigenvalue weighted by Gasteiger charge is 2.43. The van der Waals surface area contributed by atoms with E-state index in [1.807, 2.05) is 0 Å². The average molecular weight is 202 g/mol. The fourth-order valence-corrected chi connectivity index (χ4v) is 1.47. The highest BCUT2D eigenvalue weighted by molar-refractivity contribution is 6.58. The van der Waals surface area contributed by atoms with Gasteiger partial charge in [0.1, 0.15) is 0 Å². The van der Waals surface area contributed by atoms with E-state index in [4.69, 9.17) is 34.8 Å². The number of carbonyl (C=O) groups is 1. The second-order valence-electron chi connectivity index (χ2n) is 2.14. The smallest absolute Gasteiger partial charge is 0.260 e. The maximum Gasteiger partial charge on any atom is 0.260 e. The molecule has 1 saturated heterocycles. The van der Waals surface area contributed by atoms with Crippen molar-refractivity contribution in [2.24, 2.45) is 0 Å². The maximum absolute atomic E-state index is 11.0. The van der Waals surface area contributed by atoms with Crippen molar-refractivity contribution in [3.8, 4) is 0 Å². The molecule has 5 heteroatoms. The largest absolute Gasteiger partial charge is 0.326 e. The van der Waals surface area contributed by atoms with Gasteiger partial charge in [0.2, 0.25) is 0 Å². The van der Waals surface area contributed by atoms with Crippen LogP contribution in [0.25, 0.3) is 0 Å². The Morgan fingerprint density at radius 2 is 2.20 bits per heavy atom. The predicted octanol–water partition coefficient (Wildman–Crippen LogP) is 1.59. The van der Waals surface area contributed by atoms with E-state index in [1.54, 1.807) is 0 Å². The first-order valence-electron chi connectivity index (χ1n) is 2.81. The van der Waals surface area contributed by atoms with Crippen LogP contribution in [0.3, 0.4) is 0 Å². The van der Waals surface area contributed by atoms with Gasteiger partial charge in [0.05, 0.1) is 6.00 Å². The zero-order valence-electron chi connectivity index (χ0n) is 5.11. The second kappa shape index (κ2) is 2.76. The number of carbonyl (C=O) groups excluding carboxylic acids is 1. The van der Waals surface area contributed by atoms with Crippen LogP contribution >= 0.6 is 34.8 Å². The fourth-order valence-electron chi connectivity index (χ4n) is 0.829. The molecule has 10 heavy (non-hydrogen) atoms. The molecule has 0 radical (unpaired) electrons. The molecule has 58 valence electrons. The van der Waals surface area contributed by atoms with E-state index in [0.717, 1.165) is 0 Å². The summed E-state index contributed by atoms with van der Waals surface area (Å²) in [6.07, 6.45) is 0.460. The van der Waals surface area contributed by atoms with Crippen molar-refractivity contribution >= 4 is 40.7 Å². The van der Waals surface area contributed by atoms with E-state index in [9.17, 15) is 4.79 Å². The summed E-state index contributed by atoms with van der Waals surface area (Å²) in [6, 6.07) is 0.167. The molecule has 0 aromatic carbocycles. The van der Waals surface area contributed by atoms with Gasteiger partial charge in [0.25, 0.3) is 5.91 Å². The molecule has 0 bridgehead atoms. The summed E-state index contributed by atoms with van der Waals surface area (Å²) in [5.74, 6) is -0.286. The lowest BCUT2D eigenvalue weighted by Gasteiger charge is -2.12. The minimum absolute atomic E-state index is 0.167. The number of rotatable bonds is 1. The van der Waals surface area contributed by atoms with Gasteiger partial charge in [-0.25, -0.2) is 0 Å². The molecule has 1 aliphatic rings. The van der Waals surface area contributed by atoms with Crippen LogP contribution in [-0.2, 0) is 4.79 Å². The van der Waals surface area contributed by atoms with E-state index in [0.29, 0.717) is 13.0 Å². The molecule has 1 amide bonds. The summed E-state index contributed by atoms with van der Waals surface area (Å²) >= 11 is 16.6. The number of nitrogens with zero attached hydrogens (tertiary/aromatic N) is 1. The molecular weight excluding hydrogens is 196 g/mol. The number of hydrogen-bond acceptors (Lipinski definition) is 1. The van der Waals surface area contributed by atoms with Crippen LogP contribution in [0.5, 0.6) is 0 Å². The van der Waals surface area contributed by atoms with Gasteiger partial charge in [-0.15, -0.1) is 11.6 Å². The van der Waals surface area contributed by atoms with Crippen LogP contribution in [0.2, 0.25) is 0 Å². The first-order chi connectivity index (χ1) is 4.58. The Morgan fingerprint density at radius 3 is 2.40 bits per heavy atom. The van der Waals surface area contributed by atoms with Crippen molar-refractivity contribution in [3.05, 3.63) is 0 Å². The molecule has 0 saturated carbocycles. The standard InChI is InChI=1S/C5H6Cl3NO/c6-3-9-2-1-5(7,8)4(9)10/h1-3H2. The Morgan fingerprint density at radius 1 is 1.60 bits per heavy atom. The van der Waals surface area contributed by atoms with Gasteiger partial charge in [0, 0.05) is 13.0 Å². The highest BCUT2D eigenvalue weighted by Crippen LogP contribution is 2.33. The minimum atomic E-state index is -1.23. The quantitative estimate of drug-likeness (QED) is 0.467. The monoisotopic (exact) mass is 201 g/mol. The lowest BCUT2D eigenvalue weighted by atomic mass is 10.3. The average Bonchev–Trinajstić information content (AvgIpc) is 2.10. The Bertz CT molecular complexity index is 159.